The molecule has 1 aliphatic heterocycles. The molecule has 2 amide bonds. The summed E-state index contributed by atoms with van der Waals surface area (Å²) < 4.78 is 0. The van der Waals surface area contributed by atoms with Crippen molar-refractivity contribution in [2.45, 2.75) is 0 Å². The third-order valence-corrected chi connectivity index (χ3v) is 2.81. The Bertz CT molecular complexity index is 536. The zero-order valence-corrected chi connectivity index (χ0v) is 10.3. The summed E-state index contributed by atoms with van der Waals surface area (Å²) in [4.78, 5) is 24.8. The van der Waals surface area contributed by atoms with Crippen molar-refractivity contribution in [3.8, 4) is 6.07 Å². The molecule has 0 aromatic heterocycles. The fourth-order valence-electron chi connectivity index (χ4n) is 1.91. The van der Waals surface area contributed by atoms with Gasteiger partial charge in [0.1, 0.15) is 6.07 Å². The lowest BCUT2D eigenvalue weighted by molar-refractivity contribution is -0.125. The van der Waals surface area contributed by atoms with E-state index in [1.165, 1.54) is 0 Å². The number of carbonyl (C=O) groups is 2. The van der Waals surface area contributed by atoms with Gasteiger partial charge in [-0.15, -0.1) is 0 Å². The molecule has 6 nitrogen and oxygen atoms in total. The molecule has 0 radical (unpaired) electrons. The molecule has 1 aromatic carbocycles. The first kappa shape index (κ1) is 13.1. The second-order valence-electron chi connectivity index (χ2n) is 4.27. The van der Waals surface area contributed by atoms with Crippen LogP contribution in [-0.2, 0) is 9.59 Å². The number of nitrogens with one attached hydrogen (secondary N) is 2. The van der Waals surface area contributed by atoms with Gasteiger partial charge in [-0.1, -0.05) is 12.1 Å². The Morgan fingerprint density at radius 1 is 1.47 bits per heavy atom. The summed E-state index contributed by atoms with van der Waals surface area (Å²) in [6, 6.07) is 8.84. The molecule has 1 aliphatic rings. The number of amides is 2. The van der Waals surface area contributed by atoms with E-state index < -0.39 is 0 Å². The van der Waals surface area contributed by atoms with Crippen molar-refractivity contribution in [2.75, 3.05) is 31.5 Å². The molecule has 98 valence electrons. The number of hydrogen-bond donors (Lipinski definition) is 2. The first-order chi connectivity index (χ1) is 9.19. The van der Waals surface area contributed by atoms with Crippen LogP contribution in [0.3, 0.4) is 0 Å². The highest BCUT2D eigenvalue weighted by Crippen LogP contribution is 2.13. The molecule has 1 saturated heterocycles. The molecule has 1 fully saturated rings. The van der Waals surface area contributed by atoms with Gasteiger partial charge in [0.05, 0.1) is 24.3 Å². The largest absolute Gasteiger partial charge is 0.354 e. The summed E-state index contributed by atoms with van der Waals surface area (Å²) in [6.07, 6.45) is 0. The maximum Gasteiger partial charge on any atom is 0.238 e. The Morgan fingerprint density at radius 3 is 3.00 bits per heavy atom. The Balaban J connectivity index is 1.94. The van der Waals surface area contributed by atoms with Crippen molar-refractivity contribution in [2.24, 2.45) is 0 Å². The van der Waals surface area contributed by atoms with Gasteiger partial charge in [0, 0.05) is 13.1 Å². The molecule has 2 N–H and O–H groups in total. The minimum atomic E-state index is -0.225. The van der Waals surface area contributed by atoms with Gasteiger partial charge in [0.25, 0.3) is 0 Å². The first-order valence-corrected chi connectivity index (χ1v) is 5.97. The minimum absolute atomic E-state index is 0.0727. The first-order valence-electron chi connectivity index (χ1n) is 5.97. The van der Waals surface area contributed by atoms with Crippen molar-refractivity contribution in [3.05, 3.63) is 29.8 Å². The van der Waals surface area contributed by atoms with E-state index in [1.54, 1.807) is 29.2 Å². The monoisotopic (exact) mass is 258 g/mol. The van der Waals surface area contributed by atoms with Crippen LogP contribution in [0.1, 0.15) is 5.56 Å². The minimum Gasteiger partial charge on any atom is -0.354 e. The van der Waals surface area contributed by atoms with Crippen molar-refractivity contribution in [3.63, 3.8) is 0 Å². The van der Waals surface area contributed by atoms with Crippen LogP contribution in [0.15, 0.2) is 24.3 Å². The van der Waals surface area contributed by atoms with Crippen molar-refractivity contribution in [1.82, 2.24) is 10.2 Å². The summed E-state index contributed by atoms with van der Waals surface area (Å²) >= 11 is 0. The lowest BCUT2D eigenvalue weighted by Gasteiger charge is -2.25. The molecule has 0 atom stereocenters. The Labute approximate surface area is 111 Å². The molecule has 0 bridgehead atoms. The van der Waals surface area contributed by atoms with Crippen LogP contribution < -0.4 is 10.6 Å². The van der Waals surface area contributed by atoms with Crippen molar-refractivity contribution >= 4 is 17.5 Å². The molecule has 0 saturated carbocycles. The third-order valence-electron chi connectivity index (χ3n) is 2.81. The maximum atomic E-state index is 11.9. The molecule has 1 aromatic rings. The van der Waals surface area contributed by atoms with Gasteiger partial charge < -0.3 is 10.6 Å². The summed E-state index contributed by atoms with van der Waals surface area (Å²) in [5.41, 5.74) is 0.920. The van der Waals surface area contributed by atoms with Crippen LogP contribution in [0.2, 0.25) is 0 Å². The standard InChI is InChI=1S/C13H14N4O2/c14-7-10-3-1-2-4-11(10)16-13(19)9-17-6-5-15-12(18)8-17/h1-4H,5-6,8-9H2,(H,15,18)(H,16,19). The maximum absolute atomic E-state index is 11.9. The van der Waals surface area contributed by atoms with Gasteiger partial charge in [-0.25, -0.2) is 0 Å². The zero-order valence-electron chi connectivity index (χ0n) is 10.3. The topological polar surface area (TPSA) is 85.2 Å². The molecular weight excluding hydrogens is 244 g/mol. The Hall–Kier alpha value is -2.39. The summed E-state index contributed by atoms with van der Waals surface area (Å²) in [6.45, 7) is 1.58. The molecule has 0 unspecified atom stereocenters. The van der Waals surface area contributed by atoms with Gasteiger partial charge in [-0.05, 0) is 12.1 Å². The van der Waals surface area contributed by atoms with E-state index in [2.05, 4.69) is 10.6 Å². The van der Waals surface area contributed by atoms with E-state index in [-0.39, 0.29) is 24.9 Å². The Kier molecular flexibility index (Phi) is 4.11. The van der Waals surface area contributed by atoms with Crippen molar-refractivity contribution in [1.29, 1.82) is 5.26 Å². The highest BCUT2D eigenvalue weighted by Gasteiger charge is 2.18. The van der Waals surface area contributed by atoms with Crippen LogP contribution >= 0.6 is 0 Å². The van der Waals surface area contributed by atoms with Gasteiger partial charge in [-0.3, -0.25) is 14.5 Å². The lowest BCUT2D eigenvalue weighted by Crippen LogP contribution is -2.49. The number of nitrogens with zero attached hydrogens (tertiary/aromatic N) is 2. The highest BCUT2D eigenvalue weighted by atomic mass is 16.2. The smallest absolute Gasteiger partial charge is 0.238 e. The van der Waals surface area contributed by atoms with Gasteiger partial charge in [0.2, 0.25) is 11.8 Å². The van der Waals surface area contributed by atoms with Crippen LogP contribution in [0, 0.1) is 11.3 Å². The molecule has 1 heterocycles. The quantitative estimate of drug-likeness (QED) is 0.794. The zero-order chi connectivity index (χ0) is 13.7. The number of anilines is 1. The average molecular weight is 258 g/mol. The molecule has 6 heteroatoms. The van der Waals surface area contributed by atoms with E-state index in [4.69, 9.17) is 5.26 Å². The summed E-state index contributed by atoms with van der Waals surface area (Å²) in [5.74, 6) is -0.297. The summed E-state index contributed by atoms with van der Waals surface area (Å²) in [5, 5.41) is 14.3. The predicted octanol–water partition coefficient (Wildman–Crippen LogP) is -0.0714. The third kappa shape index (κ3) is 3.53. The number of nitriles is 1. The van der Waals surface area contributed by atoms with E-state index in [0.717, 1.165) is 0 Å². The fraction of sp³-hybridized carbons (Fsp3) is 0.308. The second kappa shape index (κ2) is 5.98. The predicted molar refractivity (Wildman–Crippen MR) is 69.2 cm³/mol. The highest BCUT2D eigenvalue weighted by molar-refractivity contribution is 5.94. The van der Waals surface area contributed by atoms with Gasteiger partial charge in [-0.2, -0.15) is 5.26 Å². The van der Waals surface area contributed by atoms with Crippen LogP contribution in [0.4, 0.5) is 5.69 Å². The number of piperazine rings is 1. The van der Waals surface area contributed by atoms with Crippen molar-refractivity contribution < 1.29 is 9.59 Å². The van der Waals surface area contributed by atoms with Crippen LogP contribution in [0.5, 0.6) is 0 Å². The number of hydrogen-bond acceptors (Lipinski definition) is 4. The lowest BCUT2D eigenvalue weighted by atomic mass is 10.2. The number of benzene rings is 1. The van der Waals surface area contributed by atoms with Crippen LogP contribution in [0.25, 0.3) is 0 Å². The number of para-hydroxylation sites is 1. The normalized spacial score (nSPS) is 15.4. The molecule has 19 heavy (non-hydrogen) atoms. The molecule has 0 spiro atoms. The van der Waals surface area contributed by atoms with Gasteiger partial charge >= 0.3 is 0 Å². The molecule has 2 rings (SSSR count). The van der Waals surface area contributed by atoms with E-state index in [1.807, 2.05) is 6.07 Å². The fourth-order valence-corrected chi connectivity index (χ4v) is 1.91. The number of carbonyl (C=O) groups excluding carboxylic acids is 2. The SMILES string of the molecule is N#Cc1ccccc1NC(=O)CN1CCNC(=O)C1. The van der Waals surface area contributed by atoms with Gasteiger partial charge in [0.15, 0.2) is 0 Å². The molecular formula is C13H14N4O2. The number of rotatable bonds is 3. The van der Waals surface area contributed by atoms with Crippen LogP contribution in [-0.4, -0.2) is 42.9 Å². The van der Waals surface area contributed by atoms with E-state index >= 15 is 0 Å². The summed E-state index contributed by atoms with van der Waals surface area (Å²) in [7, 11) is 0. The van der Waals surface area contributed by atoms with E-state index in [0.29, 0.717) is 24.3 Å². The second-order valence-corrected chi connectivity index (χ2v) is 4.27. The van der Waals surface area contributed by atoms with E-state index in [9.17, 15) is 9.59 Å². The average Bonchev–Trinajstić information content (AvgIpc) is 2.39. The Morgan fingerprint density at radius 2 is 2.26 bits per heavy atom. The molecule has 0 aliphatic carbocycles.